The average molecular weight is 272 g/mol. The Balaban J connectivity index is 1.97. The van der Waals surface area contributed by atoms with Crippen molar-refractivity contribution >= 4 is 23.5 Å². The third kappa shape index (κ3) is 3.68. The third-order valence-corrected chi connectivity index (χ3v) is 2.96. The molecule has 0 bridgehead atoms. The van der Waals surface area contributed by atoms with Crippen LogP contribution in [0.25, 0.3) is 0 Å². The molecule has 1 aromatic rings. The molecule has 2 heterocycles. The number of anilines is 2. The predicted octanol–water partition coefficient (Wildman–Crippen LogP) is 1.57. The molecule has 7 heteroatoms. The van der Waals surface area contributed by atoms with Gasteiger partial charge in [-0.05, 0) is 30.9 Å². The zero-order valence-corrected chi connectivity index (χ0v) is 11.3. The molecule has 0 radical (unpaired) electrons. The van der Waals surface area contributed by atoms with Crippen molar-refractivity contribution in [3.05, 3.63) is 5.28 Å². The maximum atomic E-state index is 5.91. The van der Waals surface area contributed by atoms with Gasteiger partial charge in [0.05, 0.1) is 0 Å². The van der Waals surface area contributed by atoms with Gasteiger partial charge in [0.1, 0.15) is 0 Å². The molecule has 100 valence electrons. The van der Waals surface area contributed by atoms with Crippen molar-refractivity contribution in [1.29, 1.82) is 0 Å². The minimum absolute atomic E-state index is 0.237. The minimum Gasteiger partial charge on any atom is -0.385 e. The Morgan fingerprint density at radius 1 is 1.28 bits per heavy atom. The van der Waals surface area contributed by atoms with Gasteiger partial charge in [-0.3, -0.25) is 0 Å². The summed E-state index contributed by atoms with van der Waals surface area (Å²) < 4.78 is 4.98. The SMILES string of the molecule is COCCCNc1nc(Cl)nc(N2CCCC2)n1. The fourth-order valence-electron chi connectivity index (χ4n) is 1.89. The molecule has 1 N–H and O–H groups in total. The average Bonchev–Trinajstić information content (AvgIpc) is 2.88. The van der Waals surface area contributed by atoms with Gasteiger partial charge >= 0.3 is 0 Å². The highest BCUT2D eigenvalue weighted by atomic mass is 35.5. The molecule has 1 fully saturated rings. The lowest BCUT2D eigenvalue weighted by molar-refractivity contribution is 0.197. The summed E-state index contributed by atoms with van der Waals surface area (Å²) in [5.41, 5.74) is 0. The van der Waals surface area contributed by atoms with Gasteiger partial charge in [-0.25, -0.2) is 0 Å². The zero-order chi connectivity index (χ0) is 12.8. The number of methoxy groups -OCH3 is 1. The van der Waals surface area contributed by atoms with Crippen molar-refractivity contribution in [1.82, 2.24) is 15.0 Å². The molecule has 0 amide bonds. The summed E-state index contributed by atoms with van der Waals surface area (Å²) in [7, 11) is 1.69. The summed E-state index contributed by atoms with van der Waals surface area (Å²) in [4.78, 5) is 14.7. The zero-order valence-electron chi connectivity index (χ0n) is 10.5. The smallest absolute Gasteiger partial charge is 0.231 e. The molecule has 1 saturated heterocycles. The Labute approximate surface area is 112 Å². The van der Waals surface area contributed by atoms with E-state index in [1.54, 1.807) is 7.11 Å². The molecule has 1 aromatic heterocycles. The maximum Gasteiger partial charge on any atom is 0.231 e. The summed E-state index contributed by atoms with van der Waals surface area (Å²) in [6.07, 6.45) is 3.26. The van der Waals surface area contributed by atoms with Crippen LogP contribution in [0.2, 0.25) is 5.28 Å². The number of hydrogen-bond donors (Lipinski definition) is 1. The van der Waals surface area contributed by atoms with E-state index in [2.05, 4.69) is 25.2 Å². The molecule has 0 spiro atoms. The van der Waals surface area contributed by atoms with E-state index < -0.39 is 0 Å². The first-order chi connectivity index (χ1) is 8.79. The summed E-state index contributed by atoms with van der Waals surface area (Å²) in [6, 6.07) is 0. The second-order valence-electron chi connectivity index (χ2n) is 4.20. The Bertz CT molecular complexity index is 384. The molecule has 0 unspecified atom stereocenters. The molecule has 18 heavy (non-hydrogen) atoms. The van der Waals surface area contributed by atoms with E-state index in [9.17, 15) is 0 Å². The Kier molecular flexibility index (Phi) is 4.95. The van der Waals surface area contributed by atoms with Crippen molar-refractivity contribution in [2.75, 3.05) is 43.6 Å². The van der Waals surface area contributed by atoms with Crippen molar-refractivity contribution in [2.45, 2.75) is 19.3 Å². The van der Waals surface area contributed by atoms with E-state index in [1.807, 2.05) is 0 Å². The van der Waals surface area contributed by atoms with Gasteiger partial charge in [-0.2, -0.15) is 15.0 Å². The van der Waals surface area contributed by atoms with Gasteiger partial charge in [0, 0.05) is 33.4 Å². The molecule has 2 rings (SSSR count). The number of rotatable bonds is 6. The van der Waals surface area contributed by atoms with Gasteiger partial charge in [-0.1, -0.05) is 0 Å². The van der Waals surface area contributed by atoms with E-state index in [4.69, 9.17) is 16.3 Å². The van der Waals surface area contributed by atoms with Gasteiger partial charge in [0.2, 0.25) is 17.2 Å². The number of aromatic nitrogens is 3. The first kappa shape index (κ1) is 13.3. The standard InChI is InChI=1S/C11H18ClN5O/c1-18-8-4-5-13-10-14-9(12)15-11(16-10)17-6-2-3-7-17/h2-8H2,1H3,(H,13,14,15,16). The number of nitrogens with zero attached hydrogens (tertiary/aromatic N) is 4. The van der Waals surface area contributed by atoms with Crippen LogP contribution in [0.3, 0.4) is 0 Å². The lowest BCUT2D eigenvalue weighted by Crippen LogP contribution is -2.21. The van der Waals surface area contributed by atoms with E-state index >= 15 is 0 Å². The number of halogens is 1. The first-order valence-electron chi connectivity index (χ1n) is 6.19. The molecular weight excluding hydrogens is 254 g/mol. The predicted molar refractivity (Wildman–Crippen MR) is 71.3 cm³/mol. The van der Waals surface area contributed by atoms with Gasteiger partial charge in [0.15, 0.2) is 0 Å². The summed E-state index contributed by atoms with van der Waals surface area (Å²) >= 11 is 5.91. The number of hydrogen-bond acceptors (Lipinski definition) is 6. The number of ether oxygens (including phenoxy) is 1. The second-order valence-corrected chi connectivity index (χ2v) is 4.53. The van der Waals surface area contributed by atoms with Crippen LogP contribution >= 0.6 is 11.6 Å². The highest BCUT2D eigenvalue weighted by molar-refractivity contribution is 6.28. The molecule has 0 aromatic carbocycles. The lowest BCUT2D eigenvalue weighted by atomic mass is 10.4. The van der Waals surface area contributed by atoms with Crippen LogP contribution in [-0.2, 0) is 4.74 Å². The number of nitrogens with one attached hydrogen (secondary N) is 1. The second kappa shape index (κ2) is 6.70. The van der Waals surface area contributed by atoms with E-state index in [0.717, 1.165) is 26.1 Å². The summed E-state index contributed by atoms with van der Waals surface area (Å²) in [5, 5.41) is 3.37. The normalized spacial score (nSPS) is 15.1. The highest BCUT2D eigenvalue weighted by Gasteiger charge is 2.16. The van der Waals surface area contributed by atoms with Crippen LogP contribution in [-0.4, -0.2) is 48.3 Å². The van der Waals surface area contributed by atoms with Crippen LogP contribution in [0, 0.1) is 0 Å². The van der Waals surface area contributed by atoms with E-state index in [0.29, 0.717) is 18.5 Å². The largest absolute Gasteiger partial charge is 0.385 e. The fraction of sp³-hybridized carbons (Fsp3) is 0.727. The first-order valence-corrected chi connectivity index (χ1v) is 6.57. The van der Waals surface area contributed by atoms with Crippen molar-refractivity contribution < 1.29 is 4.74 Å². The molecule has 1 aliphatic rings. The molecule has 1 aliphatic heterocycles. The van der Waals surface area contributed by atoms with E-state index in [1.165, 1.54) is 12.8 Å². The van der Waals surface area contributed by atoms with Crippen LogP contribution in [0.5, 0.6) is 0 Å². The Hall–Kier alpha value is -1.14. The van der Waals surface area contributed by atoms with Crippen molar-refractivity contribution in [2.24, 2.45) is 0 Å². The maximum absolute atomic E-state index is 5.91. The van der Waals surface area contributed by atoms with Gasteiger partial charge < -0.3 is 15.0 Å². The van der Waals surface area contributed by atoms with Crippen molar-refractivity contribution in [3.8, 4) is 0 Å². The molecule has 0 atom stereocenters. The summed E-state index contributed by atoms with van der Waals surface area (Å²) in [6.45, 7) is 3.45. The summed E-state index contributed by atoms with van der Waals surface area (Å²) in [5.74, 6) is 1.20. The minimum atomic E-state index is 0.237. The van der Waals surface area contributed by atoms with Crippen LogP contribution in [0.4, 0.5) is 11.9 Å². The lowest BCUT2D eigenvalue weighted by Gasteiger charge is -2.15. The highest BCUT2D eigenvalue weighted by Crippen LogP contribution is 2.18. The Morgan fingerprint density at radius 2 is 2.06 bits per heavy atom. The van der Waals surface area contributed by atoms with Crippen LogP contribution < -0.4 is 10.2 Å². The third-order valence-electron chi connectivity index (χ3n) is 2.79. The monoisotopic (exact) mass is 271 g/mol. The fourth-order valence-corrected chi connectivity index (χ4v) is 2.05. The molecular formula is C11H18ClN5O. The topological polar surface area (TPSA) is 63.2 Å². The van der Waals surface area contributed by atoms with E-state index in [-0.39, 0.29) is 5.28 Å². The van der Waals surface area contributed by atoms with Crippen molar-refractivity contribution in [3.63, 3.8) is 0 Å². The molecule has 0 aliphatic carbocycles. The van der Waals surface area contributed by atoms with Crippen LogP contribution in [0.15, 0.2) is 0 Å². The van der Waals surface area contributed by atoms with Crippen LogP contribution in [0.1, 0.15) is 19.3 Å². The quantitative estimate of drug-likeness (QED) is 0.793. The molecule has 0 saturated carbocycles. The molecule has 6 nitrogen and oxygen atoms in total. The Morgan fingerprint density at radius 3 is 2.78 bits per heavy atom. The van der Waals surface area contributed by atoms with Gasteiger partial charge in [0.25, 0.3) is 0 Å². The van der Waals surface area contributed by atoms with Gasteiger partial charge in [-0.15, -0.1) is 0 Å².